The molecule has 0 aliphatic heterocycles. The first-order valence-corrected chi connectivity index (χ1v) is 8.88. The molecular weight excluding hydrogens is 442 g/mol. The second-order valence-corrected chi connectivity index (χ2v) is 6.48. The first-order chi connectivity index (χ1) is 14.9. The molecule has 0 aliphatic carbocycles. The third kappa shape index (κ3) is 4.74. The van der Waals surface area contributed by atoms with E-state index < -0.39 is 46.7 Å². The van der Waals surface area contributed by atoms with Crippen LogP contribution in [0.4, 0.5) is 32.0 Å². The highest BCUT2D eigenvalue weighted by atomic mass is 19.4. The van der Waals surface area contributed by atoms with Crippen LogP contribution in [0, 0.1) is 0 Å². The summed E-state index contributed by atoms with van der Waals surface area (Å²) in [5.41, 5.74) is -3.73. The highest BCUT2D eigenvalue weighted by Crippen LogP contribution is 2.35. The molecule has 2 N–H and O–H groups in total. The Hall–Kier alpha value is -3.83. The molecule has 0 radical (unpaired) electrons. The van der Waals surface area contributed by atoms with Gasteiger partial charge in [-0.05, 0) is 42.5 Å². The average Bonchev–Trinajstić information content (AvgIpc) is 3.19. The van der Waals surface area contributed by atoms with Gasteiger partial charge in [0.25, 0.3) is 11.8 Å². The van der Waals surface area contributed by atoms with E-state index in [9.17, 15) is 35.9 Å². The van der Waals surface area contributed by atoms with Crippen molar-refractivity contribution in [3.8, 4) is 5.69 Å². The standard InChI is InChI=1S/C20H14F6N4O2/c1-27-17(31)11-5-7-13(8-6-11)29-18(32)15-10-28-30(16(15)20(24,25)26)14-4-2-3-12(9-14)19(21,22)23/h2-10H,1H3,(H,27,31)(H,29,32). The average molecular weight is 456 g/mol. The van der Waals surface area contributed by atoms with Crippen molar-refractivity contribution in [1.29, 1.82) is 0 Å². The number of nitrogens with zero attached hydrogens (tertiary/aromatic N) is 2. The van der Waals surface area contributed by atoms with Crippen LogP contribution in [0.25, 0.3) is 5.69 Å². The summed E-state index contributed by atoms with van der Waals surface area (Å²) in [5.74, 6) is -1.58. The number of halogens is 6. The number of hydrogen-bond acceptors (Lipinski definition) is 3. The van der Waals surface area contributed by atoms with Gasteiger partial charge in [0.2, 0.25) is 0 Å². The van der Waals surface area contributed by atoms with E-state index in [0.29, 0.717) is 18.3 Å². The van der Waals surface area contributed by atoms with E-state index in [1.807, 2.05) is 0 Å². The smallest absolute Gasteiger partial charge is 0.355 e. The second-order valence-electron chi connectivity index (χ2n) is 6.48. The zero-order chi connectivity index (χ0) is 23.7. The number of hydrogen-bond donors (Lipinski definition) is 2. The number of alkyl halides is 6. The van der Waals surface area contributed by atoms with Gasteiger partial charge in [-0.25, -0.2) is 4.68 Å². The van der Waals surface area contributed by atoms with Crippen LogP contribution in [-0.2, 0) is 12.4 Å². The molecule has 1 aromatic heterocycles. The zero-order valence-electron chi connectivity index (χ0n) is 16.2. The third-order valence-corrected chi connectivity index (χ3v) is 4.33. The number of nitrogens with one attached hydrogen (secondary N) is 2. The lowest BCUT2D eigenvalue weighted by atomic mass is 10.1. The maximum absolute atomic E-state index is 13.7. The second kappa shape index (κ2) is 8.36. The zero-order valence-corrected chi connectivity index (χ0v) is 16.2. The Morgan fingerprint density at radius 1 is 0.906 bits per heavy atom. The van der Waals surface area contributed by atoms with E-state index in [-0.39, 0.29) is 15.9 Å². The summed E-state index contributed by atoms with van der Waals surface area (Å²) in [6.45, 7) is 0. The number of benzene rings is 2. The molecule has 0 saturated carbocycles. The Labute approximate surface area is 176 Å². The Morgan fingerprint density at radius 3 is 2.12 bits per heavy atom. The summed E-state index contributed by atoms with van der Waals surface area (Å²) in [4.78, 5) is 24.0. The number of aromatic nitrogens is 2. The van der Waals surface area contributed by atoms with Gasteiger partial charge >= 0.3 is 12.4 Å². The summed E-state index contributed by atoms with van der Waals surface area (Å²) < 4.78 is 80.3. The molecule has 6 nitrogen and oxygen atoms in total. The number of rotatable bonds is 4. The van der Waals surface area contributed by atoms with Crippen molar-refractivity contribution in [2.75, 3.05) is 12.4 Å². The molecule has 3 rings (SSSR count). The van der Waals surface area contributed by atoms with Gasteiger partial charge in [0.15, 0.2) is 5.69 Å². The fraction of sp³-hybridized carbons (Fsp3) is 0.150. The molecule has 32 heavy (non-hydrogen) atoms. The quantitative estimate of drug-likeness (QED) is 0.567. The van der Waals surface area contributed by atoms with Crippen molar-refractivity contribution in [3.05, 3.63) is 77.1 Å². The minimum Gasteiger partial charge on any atom is -0.355 e. The van der Waals surface area contributed by atoms with Crippen molar-refractivity contribution in [2.45, 2.75) is 12.4 Å². The SMILES string of the molecule is CNC(=O)c1ccc(NC(=O)c2cnn(-c3cccc(C(F)(F)F)c3)c2C(F)(F)F)cc1. The molecule has 0 fully saturated rings. The minimum absolute atomic E-state index is 0.0996. The van der Waals surface area contributed by atoms with Crippen LogP contribution >= 0.6 is 0 Å². The molecule has 2 amide bonds. The van der Waals surface area contributed by atoms with Crippen LogP contribution in [0.3, 0.4) is 0 Å². The molecular formula is C20H14F6N4O2. The van der Waals surface area contributed by atoms with Gasteiger partial charge in [-0.3, -0.25) is 9.59 Å². The third-order valence-electron chi connectivity index (χ3n) is 4.33. The van der Waals surface area contributed by atoms with Crippen molar-refractivity contribution in [1.82, 2.24) is 15.1 Å². The molecule has 0 bridgehead atoms. The molecule has 168 valence electrons. The molecule has 0 saturated heterocycles. The van der Waals surface area contributed by atoms with Gasteiger partial charge in [0.05, 0.1) is 23.0 Å². The molecule has 0 atom stereocenters. The monoisotopic (exact) mass is 456 g/mol. The predicted molar refractivity (Wildman–Crippen MR) is 101 cm³/mol. The van der Waals surface area contributed by atoms with Gasteiger partial charge in [-0.2, -0.15) is 31.4 Å². The maximum atomic E-state index is 13.7. The fourth-order valence-corrected chi connectivity index (χ4v) is 2.84. The Morgan fingerprint density at radius 2 is 1.56 bits per heavy atom. The van der Waals surface area contributed by atoms with E-state index in [1.54, 1.807) is 0 Å². The van der Waals surface area contributed by atoms with E-state index in [2.05, 4.69) is 15.7 Å². The Balaban J connectivity index is 1.97. The first-order valence-electron chi connectivity index (χ1n) is 8.88. The van der Waals surface area contributed by atoms with Crippen molar-refractivity contribution < 1.29 is 35.9 Å². The normalized spacial score (nSPS) is 11.8. The predicted octanol–water partition coefficient (Wildman–Crippen LogP) is 4.52. The molecule has 0 spiro atoms. The Kier molecular flexibility index (Phi) is 5.97. The summed E-state index contributed by atoms with van der Waals surface area (Å²) in [6.07, 6.45) is -9.25. The van der Waals surface area contributed by atoms with Crippen LogP contribution in [0.5, 0.6) is 0 Å². The largest absolute Gasteiger partial charge is 0.434 e. The number of carbonyl (C=O) groups is 2. The van der Waals surface area contributed by atoms with Crippen LogP contribution in [0.15, 0.2) is 54.7 Å². The van der Waals surface area contributed by atoms with Gasteiger partial charge in [0, 0.05) is 18.3 Å². The van der Waals surface area contributed by atoms with E-state index in [0.717, 1.165) is 12.1 Å². The summed E-state index contributed by atoms with van der Waals surface area (Å²) >= 11 is 0. The Bertz CT molecular complexity index is 1150. The first kappa shape index (κ1) is 22.8. The van der Waals surface area contributed by atoms with Crippen molar-refractivity contribution in [2.24, 2.45) is 0 Å². The molecule has 12 heteroatoms. The van der Waals surface area contributed by atoms with Crippen LogP contribution < -0.4 is 10.6 Å². The number of anilines is 1. The van der Waals surface area contributed by atoms with Crippen LogP contribution in [0.2, 0.25) is 0 Å². The molecule has 2 aromatic carbocycles. The topological polar surface area (TPSA) is 76.0 Å². The summed E-state index contributed by atoms with van der Waals surface area (Å²) in [6, 6.07) is 8.48. The highest BCUT2D eigenvalue weighted by Gasteiger charge is 2.41. The number of carbonyl (C=O) groups excluding carboxylic acids is 2. The van der Waals surface area contributed by atoms with E-state index in [1.165, 1.54) is 31.3 Å². The van der Waals surface area contributed by atoms with Crippen LogP contribution in [-0.4, -0.2) is 28.6 Å². The van der Waals surface area contributed by atoms with Crippen molar-refractivity contribution >= 4 is 17.5 Å². The maximum Gasteiger partial charge on any atom is 0.434 e. The molecule has 1 heterocycles. The van der Waals surface area contributed by atoms with E-state index >= 15 is 0 Å². The lowest BCUT2D eigenvalue weighted by Crippen LogP contribution is -2.21. The van der Waals surface area contributed by atoms with E-state index in [4.69, 9.17) is 0 Å². The van der Waals surface area contributed by atoms with Gasteiger partial charge in [-0.15, -0.1) is 0 Å². The lowest BCUT2D eigenvalue weighted by Gasteiger charge is -2.14. The van der Waals surface area contributed by atoms with Crippen molar-refractivity contribution in [3.63, 3.8) is 0 Å². The molecule has 3 aromatic rings. The number of amides is 2. The molecule has 0 unspecified atom stereocenters. The highest BCUT2D eigenvalue weighted by molar-refractivity contribution is 6.05. The fourth-order valence-electron chi connectivity index (χ4n) is 2.84. The van der Waals surface area contributed by atoms with Gasteiger partial charge in [-0.1, -0.05) is 6.07 Å². The summed E-state index contributed by atoms with van der Waals surface area (Å²) in [7, 11) is 1.42. The minimum atomic E-state index is -5.10. The van der Waals surface area contributed by atoms with Gasteiger partial charge < -0.3 is 10.6 Å². The summed E-state index contributed by atoms with van der Waals surface area (Å²) in [5, 5.41) is 8.14. The van der Waals surface area contributed by atoms with Gasteiger partial charge in [0.1, 0.15) is 0 Å². The van der Waals surface area contributed by atoms with Crippen LogP contribution in [0.1, 0.15) is 32.0 Å². The lowest BCUT2D eigenvalue weighted by molar-refractivity contribution is -0.143. The molecule has 0 aliphatic rings.